The van der Waals surface area contributed by atoms with Gasteiger partial charge in [0.25, 0.3) is 5.91 Å². The molecular weight excluding hydrogens is 474 g/mol. The second-order valence-corrected chi connectivity index (χ2v) is 10.8. The Bertz CT molecular complexity index is 1470. The fourth-order valence-electron chi connectivity index (χ4n) is 5.39. The minimum atomic E-state index is -4.29. The molecule has 0 aromatic rings. The number of rotatable bonds is 8. The lowest BCUT2D eigenvalue weighted by molar-refractivity contribution is -0.145. The highest BCUT2D eigenvalue weighted by Gasteiger charge is 2.70. The Morgan fingerprint density at radius 1 is 1.05 bits per heavy atom. The molecule has 2 saturated carbocycles. The van der Waals surface area contributed by atoms with Gasteiger partial charge in [-0.1, -0.05) is 53.7 Å². The lowest BCUT2D eigenvalue weighted by Gasteiger charge is -2.38. The Balaban J connectivity index is 2.26. The van der Waals surface area contributed by atoms with Gasteiger partial charge >= 0.3 is 6.03 Å². The van der Waals surface area contributed by atoms with Crippen LogP contribution in [0.4, 0.5) is 4.79 Å². The molecule has 0 spiro atoms. The van der Waals surface area contributed by atoms with Gasteiger partial charge in [-0.2, -0.15) is 0 Å². The minimum absolute atomic E-state index is 0.0193. The maximum Gasteiger partial charge on any atom is 0.315 e. The smallest absolute Gasteiger partial charge is 0.315 e. The fourth-order valence-corrected chi connectivity index (χ4v) is 5.39. The van der Waals surface area contributed by atoms with Gasteiger partial charge in [0.1, 0.15) is 12.1 Å². The van der Waals surface area contributed by atoms with Crippen LogP contribution in [-0.4, -0.2) is 64.6 Å². The van der Waals surface area contributed by atoms with E-state index in [4.69, 9.17) is 30.4 Å². The molecule has 208 valence electrons. The van der Waals surface area contributed by atoms with Crippen molar-refractivity contribution in [1.82, 2.24) is 20.9 Å². The third-order valence-electron chi connectivity index (χ3n) is 7.69. The number of nitrogens with zero attached hydrogens (tertiary/aromatic N) is 1. The van der Waals surface area contributed by atoms with E-state index in [0.29, 0.717) is 17.7 Å². The molecule has 3 rings (SSSR count). The molecule has 1 aliphatic heterocycles. The van der Waals surface area contributed by atoms with Gasteiger partial charge in [-0.25, -0.2) is 4.79 Å². The van der Waals surface area contributed by atoms with Crippen molar-refractivity contribution in [3.05, 3.63) is 0 Å². The molecule has 0 radical (unpaired) electrons. The molecule has 2 aliphatic carbocycles. The molecule has 0 aromatic heterocycles. The fraction of sp³-hybridized carbons (Fsp3) is 0.815. The number of urea groups is 1. The van der Waals surface area contributed by atoms with Crippen molar-refractivity contribution < 1.29 is 48.6 Å². The number of nitrogens with one attached hydrogen (secondary N) is 3. The maximum absolute atomic E-state index is 14.8. The normalized spacial score (nSPS) is 35.5. The monoisotopic (exact) mass is 537 g/mol. The average Bonchev–Trinajstić information content (AvgIpc) is 3.24. The second-order valence-electron chi connectivity index (χ2n) is 10.8. The van der Waals surface area contributed by atoms with Crippen LogP contribution in [0.1, 0.15) is 105 Å². The highest BCUT2D eigenvalue weighted by Crippen LogP contribution is 2.65. The van der Waals surface area contributed by atoms with Gasteiger partial charge in [-0.15, -0.1) is 0 Å². The molecule has 5 N–H and O–H groups in total. The summed E-state index contributed by atoms with van der Waals surface area (Å²) in [5.41, 5.74) is -3.96. The highest BCUT2D eigenvalue weighted by molar-refractivity contribution is 6.37. The van der Waals surface area contributed by atoms with E-state index >= 15 is 0 Å². The third-order valence-corrected chi connectivity index (χ3v) is 7.69. The van der Waals surface area contributed by atoms with Crippen molar-refractivity contribution >= 4 is 29.5 Å². The molecule has 3 fully saturated rings. The first-order valence-corrected chi connectivity index (χ1v) is 11.9. The highest BCUT2D eigenvalue weighted by atomic mass is 16.2. The van der Waals surface area contributed by atoms with Gasteiger partial charge in [0.15, 0.2) is 0 Å². The van der Waals surface area contributed by atoms with Gasteiger partial charge in [-0.05, 0) is 55.6 Å². The SMILES string of the molecule is [2H]C([2H])([2H])C(NC(=O)N[C@H](C(=O)N1C[C@H]2[C@@H]([C@H]1C(=O)NC(CC1CCC1)C(=O)C(N)=O)C2(C)C)C(C([2H])([2H])[2H])(C([2H])([2H])[2H])C([2H])([2H])[2H])(C([2H])([2H])[2H])C([2H])([2H])[2H]. The lowest BCUT2D eigenvalue weighted by Crippen LogP contribution is -2.62. The summed E-state index contributed by atoms with van der Waals surface area (Å²) < 4.78 is 144. The summed E-state index contributed by atoms with van der Waals surface area (Å²) in [6.07, 6.45) is 2.11. The van der Waals surface area contributed by atoms with E-state index in [1.54, 1.807) is 13.8 Å². The van der Waals surface area contributed by atoms with Crippen LogP contribution in [0, 0.1) is 28.6 Å². The van der Waals surface area contributed by atoms with Crippen LogP contribution >= 0.6 is 0 Å². The minimum Gasteiger partial charge on any atom is -0.363 e. The summed E-state index contributed by atoms with van der Waals surface area (Å²) >= 11 is 0. The Kier molecular flexibility index (Phi) is 3.46. The van der Waals surface area contributed by atoms with Crippen molar-refractivity contribution in [2.45, 2.75) is 104 Å². The molecule has 0 bridgehead atoms. The number of Topliss-reactive ketones (excluding diaryl/α,β-unsaturated/α-hetero) is 1. The van der Waals surface area contributed by atoms with Gasteiger partial charge in [0.2, 0.25) is 17.6 Å². The number of fused-ring (bicyclic) bond motifs is 1. The molecule has 0 aromatic carbocycles. The molecular formula is C27H45N5O5. The molecule has 10 heteroatoms. The number of nitrogens with two attached hydrogens (primary N) is 1. The summed E-state index contributed by atoms with van der Waals surface area (Å²) in [4.78, 5) is 67.8. The van der Waals surface area contributed by atoms with Crippen LogP contribution in [-0.2, 0) is 19.2 Å². The molecule has 3 aliphatic rings. The predicted octanol–water partition coefficient (Wildman–Crippen LogP) is 1.71. The first kappa shape index (κ1) is 12.9. The van der Waals surface area contributed by atoms with E-state index in [2.05, 4.69) is 5.32 Å². The number of piperidine rings is 1. The predicted molar refractivity (Wildman–Crippen MR) is 139 cm³/mol. The Morgan fingerprint density at radius 3 is 2.22 bits per heavy atom. The van der Waals surface area contributed by atoms with E-state index in [1.165, 1.54) is 10.6 Å². The molecule has 5 amide bonds. The number of carbonyl (C=O) groups excluding carboxylic acids is 5. The van der Waals surface area contributed by atoms with Crippen molar-refractivity contribution in [2.24, 2.45) is 34.3 Å². The van der Waals surface area contributed by atoms with E-state index in [0.717, 1.165) is 6.42 Å². The van der Waals surface area contributed by atoms with Crippen molar-refractivity contribution in [2.75, 3.05) is 6.54 Å². The Labute approximate surface area is 245 Å². The average molecular weight is 538 g/mol. The number of hydrogen-bond donors (Lipinski definition) is 4. The van der Waals surface area contributed by atoms with E-state index < -0.39 is 124 Å². The molecule has 10 nitrogen and oxygen atoms in total. The molecule has 5 atom stereocenters. The molecule has 1 heterocycles. The van der Waals surface area contributed by atoms with E-state index in [1.807, 2.05) is 0 Å². The van der Waals surface area contributed by atoms with Crippen LogP contribution in [0.3, 0.4) is 0 Å². The number of ketones is 1. The number of likely N-dealkylation sites (tertiary alicyclic amines) is 1. The summed E-state index contributed by atoms with van der Waals surface area (Å²) in [5, 5.41) is 5.21. The quantitative estimate of drug-likeness (QED) is 0.348. The zero-order chi connectivity index (χ0) is 43.1. The first-order chi connectivity index (χ1) is 24.3. The maximum atomic E-state index is 14.8. The topological polar surface area (TPSA) is 151 Å². The standard InChI is InChI=1S/C27H45N5O5/c1-25(2,3)20(30-24(37)31-26(4,5)6)23(36)32-13-15-17(27(15,7)8)18(32)22(35)29-16(19(33)21(28)34)12-14-10-9-11-14/h14-18,20H,9-13H2,1-8H3,(H2,28,34)(H,29,35)(H2,30,31,37)/t15-,16?,17-,18-,20+/m0/s1/i1D3,2D3,3D3,4D3,5D3,6D3. The number of amides is 5. The Morgan fingerprint density at radius 2 is 1.70 bits per heavy atom. The van der Waals surface area contributed by atoms with Crippen LogP contribution in [0.2, 0.25) is 0 Å². The second kappa shape index (κ2) is 9.91. The first-order valence-electron chi connectivity index (χ1n) is 20.9. The summed E-state index contributed by atoms with van der Waals surface area (Å²) in [5.74, 6) is -6.94. The van der Waals surface area contributed by atoms with Crippen molar-refractivity contribution in [3.63, 3.8) is 0 Å². The number of carbonyl (C=O) groups is 5. The molecule has 1 unspecified atom stereocenters. The van der Waals surface area contributed by atoms with Crippen molar-refractivity contribution in [1.29, 1.82) is 0 Å². The van der Waals surface area contributed by atoms with Crippen LogP contribution < -0.4 is 21.7 Å². The zero-order valence-corrected chi connectivity index (χ0v) is 20.6. The number of primary amides is 1. The van der Waals surface area contributed by atoms with Gasteiger partial charge < -0.3 is 26.6 Å². The van der Waals surface area contributed by atoms with E-state index in [-0.39, 0.29) is 12.3 Å². The summed E-state index contributed by atoms with van der Waals surface area (Å²) in [6, 6.07) is -8.75. The van der Waals surface area contributed by atoms with Gasteiger partial charge in [-0.3, -0.25) is 19.2 Å². The molecule has 37 heavy (non-hydrogen) atoms. The summed E-state index contributed by atoms with van der Waals surface area (Å²) in [6.45, 7) is -22.1. The van der Waals surface area contributed by atoms with Crippen LogP contribution in [0.25, 0.3) is 0 Å². The Hall–Kier alpha value is -2.65. The number of hydrogen-bond acceptors (Lipinski definition) is 5. The van der Waals surface area contributed by atoms with Crippen LogP contribution in [0.5, 0.6) is 0 Å². The van der Waals surface area contributed by atoms with E-state index in [9.17, 15) is 24.0 Å². The zero-order valence-electron chi connectivity index (χ0n) is 38.6. The van der Waals surface area contributed by atoms with Gasteiger partial charge in [0, 0.05) is 36.8 Å². The van der Waals surface area contributed by atoms with Gasteiger partial charge in [0.05, 0.1) is 6.04 Å². The molecule has 1 saturated heterocycles. The lowest BCUT2D eigenvalue weighted by atomic mass is 9.80. The summed E-state index contributed by atoms with van der Waals surface area (Å²) in [7, 11) is 0. The van der Waals surface area contributed by atoms with Crippen molar-refractivity contribution in [3.8, 4) is 0 Å². The van der Waals surface area contributed by atoms with Crippen LogP contribution in [0.15, 0.2) is 0 Å². The third kappa shape index (κ3) is 6.26. The largest absolute Gasteiger partial charge is 0.363 e.